The van der Waals surface area contributed by atoms with Gasteiger partial charge in [0.1, 0.15) is 5.15 Å². The zero-order valence-electron chi connectivity index (χ0n) is 6.60. The van der Waals surface area contributed by atoms with Gasteiger partial charge >= 0.3 is 0 Å². The van der Waals surface area contributed by atoms with E-state index in [1.807, 2.05) is 0 Å². The number of carbonyl (C=O) groups excluding carboxylic acids is 1. The minimum Gasteiger partial charge on any atom is -0.398 e. The second-order valence-electron chi connectivity index (χ2n) is 2.37. The van der Waals surface area contributed by atoms with Gasteiger partial charge in [-0.1, -0.05) is 11.6 Å². The molecule has 0 atom stereocenters. The summed E-state index contributed by atoms with van der Waals surface area (Å²) < 4.78 is 24.6. The molecule has 0 aliphatic rings. The lowest BCUT2D eigenvalue weighted by molar-refractivity contribution is 0.108. The van der Waals surface area contributed by atoms with Crippen LogP contribution < -0.4 is 5.73 Å². The van der Waals surface area contributed by atoms with Crippen molar-refractivity contribution in [1.82, 2.24) is 4.98 Å². The second-order valence-corrected chi connectivity index (χ2v) is 3.07. The molecule has 2 N–H and O–H groups in total. The van der Waals surface area contributed by atoms with Gasteiger partial charge in [-0.2, -0.15) is 0 Å². The van der Waals surface area contributed by atoms with Crippen molar-refractivity contribution in [2.45, 2.75) is 6.43 Å². The Kier molecular flexibility index (Phi) is 3.23. The minimum atomic E-state index is -2.82. The molecule has 1 aromatic rings. The first-order valence-corrected chi connectivity index (χ1v) is 4.12. The van der Waals surface area contributed by atoms with Crippen molar-refractivity contribution in [2.24, 2.45) is 0 Å². The third-order valence-electron chi connectivity index (χ3n) is 1.54. The molecule has 14 heavy (non-hydrogen) atoms. The number of nitrogens with zero attached hydrogens (tertiary/aromatic N) is 1. The average molecular weight is 241 g/mol. The second kappa shape index (κ2) is 4.06. The lowest BCUT2D eigenvalue weighted by Gasteiger charge is -2.07. The Hall–Kier alpha value is -0.940. The average Bonchev–Trinajstić information content (AvgIpc) is 2.02. The van der Waals surface area contributed by atoms with Gasteiger partial charge in [0, 0.05) is 6.20 Å². The predicted molar refractivity (Wildman–Crippen MR) is 48.8 cm³/mol. The molecule has 1 heterocycles. The number of hydrogen-bond donors (Lipinski definition) is 1. The molecule has 76 valence electrons. The summed E-state index contributed by atoms with van der Waals surface area (Å²) in [6.07, 6.45) is -2.01. The van der Waals surface area contributed by atoms with Crippen LogP contribution in [-0.2, 0) is 0 Å². The SMILES string of the molecule is Nc1c(C(F)F)cnc(Cl)c1C(=O)Cl. The highest BCUT2D eigenvalue weighted by molar-refractivity contribution is 6.69. The number of pyridine rings is 1. The van der Waals surface area contributed by atoms with Gasteiger partial charge in [0.05, 0.1) is 16.8 Å². The summed E-state index contributed by atoms with van der Waals surface area (Å²) in [7, 11) is 0. The normalized spacial score (nSPS) is 10.6. The van der Waals surface area contributed by atoms with Gasteiger partial charge in [0.25, 0.3) is 11.7 Å². The van der Waals surface area contributed by atoms with Crippen molar-refractivity contribution in [3.05, 3.63) is 22.5 Å². The molecule has 0 amide bonds. The van der Waals surface area contributed by atoms with Crippen molar-refractivity contribution in [2.75, 3.05) is 5.73 Å². The van der Waals surface area contributed by atoms with E-state index in [1.54, 1.807) is 0 Å². The van der Waals surface area contributed by atoms with E-state index in [1.165, 1.54) is 0 Å². The highest BCUT2D eigenvalue weighted by Gasteiger charge is 2.20. The quantitative estimate of drug-likeness (QED) is 0.639. The van der Waals surface area contributed by atoms with Crippen LogP contribution in [0, 0.1) is 0 Å². The van der Waals surface area contributed by atoms with Crippen molar-refractivity contribution in [1.29, 1.82) is 0 Å². The maximum atomic E-state index is 12.3. The number of hydrogen-bond acceptors (Lipinski definition) is 3. The largest absolute Gasteiger partial charge is 0.398 e. The Morgan fingerprint density at radius 3 is 2.57 bits per heavy atom. The van der Waals surface area contributed by atoms with Crippen LogP contribution in [0.25, 0.3) is 0 Å². The van der Waals surface area contributed by atoms with Crippen LogP contribution in [-0.4, -0.2) is 10.2 Å². The zero-order chi connectivity index (χ0) is 10.9. The van der Waals surface area contributed by atoms with E-state index in [0.717, 1.165) is 6.20 Å². The molecule has 7 heteroatoms. The van der Waals surface area contributed by atoms with Gasteiger partial charge in [-0.25, -0.2) is 13.8 Å². The first kappa shape index (κ1) is 11.1. The number of halogens is 4. The summed E-state index contributed by atoms with van der Waals surface area (Å²) >= 11 is 10.6. The van der Waals surface area contributed by atoms with Gasteiger partial charge in [-0.3, -0.25) is 4.79 Å². The standard InChI is InChI=1S/C7H4Cl2F2N2O/c8-5-3(6(9)14)4(12)2(1-13-5)7(10)11/h1,7H,(H2,12,13). The highest BCUT2D eigenvalue weighted by atomic mass is 35.5. The molecular weight excluding hydrogens is 237 g/mol. The number of rotatable bonds is 2. The van der Waals surface area contributed by atoms with Crippen molar-refractivity contribution < 1.29 is 13.6 Å². The Balaban J connectivity index is 3.41. The third kappa shape index (κ3) is 1.93. The molecule has 0 spiro atoms. The summed E-state index contributed by atoms with van der Waals surface area (Å²) in [5.41, 5.74) is 3.91. The molecule has 1 rings (SSSR count). The fourth-order valence-corrected chi connectivity index (χ4v) is 1.35. The van der Waals surface area contributed by atoms with E-state index in [-0.39, 0.29) is 10.7 Å². The molecule has 0 aromatic carbocycles. The number of nitrogens with two attached hydrogens (primary N) is 1. The van der Waals surface area contributed by atoms with Crippen LogP contribution in [0.1, 0.15) is 22.3 Å². The summed E-state index contributed by atoms with van der Waals surface area (Å²) in [6, 6.07) is 0. The van der Waals surface area contributed by atoms with Gasteiger partial charge in [0.2, 0.25) is 0 Å². The molecule has 1 aromatic heterocycles. The fourth-order valence-electron chi connectivity index (χ4n) is 0.877. The lowest BCUT2D eigenvalue weighted by atomic mass is 10.1. The van der Waals surface area contributed by atoms with Gasteiger partial charge in [-0.15, -0.1) is 0 Å². The van der Waals surface area contributed by atoms with Crippen molar-refractivity contribution in [3.8, 4) is 0 Å². The Morgan fingerprint density at radius 1 is 1.57 bits per heavy atom. The van der Waals surface area contributed by atoms with E-state index in [4.69, 9.17) is 28.9 Å². The number of nitrogen functional groups attached to an aromatic ring is 1. The van der Waals surface area contributed by atoms with Gasteiger partial charge < -0.3 is 5.73 Å². The smallest absolute Gasteiger partial charge is 0.267 e. The summed E-state index contributed by atoms with van der Waals surface area (Å²) in [6.45, 7) is 0. The number of alkyl halides is 2. The molecule has 0 saturated carbocycles. The lowest BCUT2D eigenvalue weighted by Crippen LogP contribution is -2.05. The number of anilines is 1. The van der Waals surface area contributed by atoms with E-state index >= 15 is 0 Å². The van der Waals surface area contributed by atoms with Crippen LogP contribution in [0.2, 0.25) is 5.15 Å². The van der Waals surface area contributed by atoms with Crippen LogP contribution in [0.3, 0.4) is 0 Å². The topological polar surface area (TPSA) is 56.0 Å². The summed E-state index contributed by atoms with van der Waals surface area (Å²) in [5.74, 6) is 0. The molecular formula is C7H4Cl2F2N2O. The Bertz CT molecular complexity index is 384. The first-order chi connectivity index (χ1) is 6.45. The van der Waals surface area contributed by atoms with Crippen LogP contribution in [0.15, 0.2) is 6.20 Å². The molecule has 0 fully saturated rings. The molecule has 0 unspecified atom stereocenters. The van der Waals surface area contributed by atoms with Crippen molar-refractivity contribution >= 4 is 34.1 Å². The zero-order valence-corrected chi connectivity index (χ0v) is 8.11. The number of carbonyl (C=O) groups is 1. The van der Waals surface area contributed by atoms with E-state index < -0.39 is 22.9 Å². The van der Waals surface area contributed by atoms with Crippen LogP contribution in [0.5, 0.6) is 0 Å². The summed E-state index contributed by atoms with van der Waals surface area (Å²) in [4.78, 5) is 14.2. The molecule has 0 aliphatic carbocycles. The van der Waals surface area contributed by atoms with E-state index in [2.05, 4.69) is 4.98 Å². The minimum absolute atomic E-state index is 0.285. The molecule has 0 saturated heterocycles. The summed E-state index contributed by atoms with van der Waals surface area (Å²) in [5, 5.41) is -1.30. The molecule has 3 nitrogen and oxygen atoms in total. The fraction of sp³-hybridized carbons (Fsp3) is 0.143. The predicted octanol–water partition coefficient (Wildman–Crippen LogP) is 2.63. The van der Waals surface area contributed by atoms with Crippen molar-refractivity contribution in [3.63, 3.8) is 0 Å². The van der Waals surface area contributed by atoms with E-state index in [0.29, 0.717) is 0 Å². The third-order valence-corrected chi connectivity index (χ3v) is 2.01. The first-order valence-electron chi connectivity index (χ1n) is 3.37. The maximum Gasteiger partial charge on any atom is 0.267 e. The Morgan fingerprint density at radius 2 is 2.14 bits per heavy atom. The molecule has 0 aliphatic heterocycles. The maximum absolute atomic E-state index is 12.3. The molecule has 0 bridgehead atoms. The monoisotopic (exact) mass is 240 g/mol. The Labute approximate surface area is 87.8 Å². The van der Waals surface area contributed by atoms with Gasteiger partial charge in [-0.05, 0) is 11.6 Å². The van der Waals surface area contributed by atoms with Gasteiger partial charge in [0.15, 0.2) is 0 Å². The van der Waals surface area contributed by atoms with Crippen LogP contribution >= 0.6 is 23.2 Å². The van der Waals surface area contributed by atoms with Crippen LogP contribution in [0.4, 0.5) is 14.5 Å². The number of aromatic nitrogens is 1. The van der Waals surface area contributed by atoms with E-state index in [9.17, 15) is 13.6 Å². The highest BCUT2D eigenvalue weighted by Crippen LogP contribution is 2.31. The molecule has 0 radical (unpaired) electrons.